The third-order valence-corrected chi connectivity index (χ3v) is 5.33. The van der Waals surface area contributed by atoms with Crippen LogP contribution in [-0.2, 0) is 11.3 Å². The molecule has 174 valence electrons. The van der Waals surface area contributed by atoms with E-state index < -0.39 is 11.7 Å². The highest BCUT2D eigenvalue weighted by atomic mass is 16.6. The number of anilines is 1. The first-order valence-corrected chi connectivity index (χ1v) is 11.0. The molecule has 0 saturated carbocycles. The zero-order chi connectivity index (χ0) is 23.8. The molecule has 0 spiro atoms. The summed E-state index contributed by atoms with van der Waals surface area (Å²) >= 11 is 0. The fraction of sp³-hybridized carbons (Fsp3) is 0.417. The van der Waals surface area contributed by atoms with Crippen molar-refractivity contribution < 1.29 is 14.3 Å². The van der Waals surface area contributed by atoms with Crippen molar-refractivity contribution in [1.29, 1.82) is 0 Å². The van der Waals surface area contributed by atoms with Gasteiger partial charge in [-0.3, -0.25) is 14.5 Å². The van der Waals surface area contributed by atoms with E-state index in [-0.39, 0.29) is 5.78 Å². The summed E-state index contributed by atoms with van der Waals surface area (Å²) in [5, 5.41) is 11.8. The van der Waals surface area contributed by atoms with Crippen LogP contribution in [0.4, 0.5) is 10.5 Å². The van der Waals surface area contributed by atoms with Gasteiger partial charge < -0.3 is 20.3 Å². The van der Waals surface area contributed by atoms with Crippen LogP contribution in [-0.4, -0.2) is 70.9 Å². The van der Waals surface area contributed by atoms with Crippen LogP contribution in [0.25, 0.3) is 22.2 Å². The van der Waals surface area contributed by atoms with Gasteiger partial charge in [-0.25, -0.2) is 4.79 Å². The van der Waals surface area contributed by atoms with E-state index in [0.717, 1.165) is 34.4 Å². The Balaban J connectivity index is 1.68. The largest absolute Gasteiger partial charge is 0.444 e. The quantitative estimate of drug-likeness (QED) is 0.446. The monoisotopic (exact) mass is 450 g/mol. The first-order valence-electron chi connectivity index (χ1n) is 11.0. The Hall–Kier alpha value is -3.46. The van der Waals surface area contributed by atoms with Gasteiger partial charge in [0, 0.05) is 54.2 Å². The summed E-state index contributed by atoms with van der Waals surface area (Å²) in [6.45, 7) is 7.81. The average Bonchev–Trinajstić information content (AvgIpc) is 3.10. The molecular formula is C24H30N6O3. The molecule has 0 saturated heterocycles. The van der Waals surface area contributed by atoms with Gasteiger partial charge in [-0.15, -0.1) is 0 Å². The van der Waals surface area contributed by atoms with Gasteiger partial charge in [0.15, 0.2) is 5.78 Å². The standard InChI is InChI=1S/C24H30N6O3/c1-24(2,3)33-23(32)27-11-13-30-18-7-6-17(26-10-12-29(4)5)19-20(18)21(28-30)16-14-25-9-8-15(16)22(19)31/h6-9,14,26H,10-13H2,1-5H3,(H,27,32). The maximum Gasteiger partial charge on any atom is 0.407 e. The van der Waals surface area contributed by atoms with Crippen molar-refractivity contribution in [3.8, 4) is 11.3 Å². The summed E-state index contributed by atoms with van der Waals surface area (Å²) in [6, 6.07) is 5.64. The number of likely N-dealkylation sites (N-methyl/N-ethyl adjacent to an activating group) is 1. The summed E-state index contributed by atoms with van der Waals surface area (Å²) in [6.07, 6.45) is 2.84. The second-order valence-electron chi connectivity index (χ2n) is 9.36. The number of carbonyl (C=O) groups is 2. The van der Waals surface area contributed by atoms with Gasteiger partial charge >= 0.3 is 6.09 Å². The molecule has 0 atom stereocenters. The van der Waals surface area contributed by atoms with Crippen LogP contribution in [0, 0.1) is 0 Å². The van der Waals surface area contributed by atoms with E-state index in [0.29, 0.717) is 30.8 Å². The molecule has 0 aliphatic heterocycles. The Morgan fingerprint density at radius 3 is 2.67 bits per heavy atom. The van der Waals surface area contributed by atoms with Crippen molar-refractivity contribution in [3.63, 3.8) is 0 Å². The molecule has 0 radical (unpaired) electrons. The molecule has 1 aliphatic rings. The Labute approximate surface area is 193 Å². The van der Waals surface area contributed by atoms with E-state index in [1.54, 1.807) is 18.5 Å². The molecule has 2 N–H and O–H groups in total. The Bertz CT molecular complexity index is 1210. The molecule has 4 rings (SSSR count). The number of nitrogens with zero attached hydrogens (tertiary/aromatic N) is 4. The lowest BCUT2D eigenvalue weighted by molar-refractivity contribution is 0.0525. The Morgan fingerprint density at radius 1 is 1.15 bits per heavy atom. The number of benzene rings is 1. The number of aromatic nitrogens is 3. The Kier molecular flexibility index (Phi) is 6.07. The number of ketones is 1. The molecule has 2 heterocycles. The second kappa shape index (κ2) is 8.82. The highest BCUT2D eigenvalue weighted by molar-refractivity contribution is 6.27. The van der Waals surface area contributed by atoms with Crippen LogP contribution in [0.15, 0.2) is 30.6 Å². The fourth-order valence-electron chi connectivity index (χ4n) is 3.92. The minimum absolute atomic E-state index is 0.0377. The van der Waals surface area contributed by atoms with Crippen LogP contribution >= 0.6 is 0 Å². The third-order valence-electron chi connectivity index (χ3n) is 5.33. The molecule has 0 unspecified atom stereocenters. The minimum Gasteiger partial charge on any atom is -0.444 e. The molecule has 9 heteroatoms. The van der Waals surface area contributed by atoms with Crippen molar-refractivity contribution in [2.75, 3.05) is 39.0 Å². The highest BCUT2D eigenvalue weighted by Crippen LogP contribution is 2.41. The molecule has 1 amide bonds. The first-order chi connectivity index (χ1) is 15.7. The van der Waals surface area contributed by atoms with Crippen molar-refractivity contribution in [3.05, 3.63) is 41.7 Å². The predicted molar refractivity (Wildman–Crippen MR) is 128 cm³/mol. The normalized spacial score (nSPS) is 12.7. The molecule has 0 fully saturated rings. The molecule has 2 aromatic heterocycles. The number of carbonyl (C=O) groups excluding carboxylic acids is 2. The van der Waals surface area contributed by atoms with Gasteiger partial charge in [0.2, 0.25) is 0 Å². The number of rotatable bonds is 7. The molecule has 1 aliphatic carbocycles. The van der Waals surface area contributed by atoms with E-state index in [9.17, 15) is 9.59 Å². The summed E-state index contributed by atoms with van der Waals surface area (Å²) in [5.41, 5.74) is 3.76. The SMILES string of the molecule is CN(C)CCNc1ccc2c3c(nn2CCNC(=O)OC(C)(C)C)-c2cnccc2C(=O)c13. The maximum absolute atomic E-state index is 13.5. The van der Waals surface area contributed by atoms with Gasteiger partial charge in [0.1, 0.15) is 11.3 Å². The molecule has 0 bridgehead atoms. The van der Waals surface area contributed by atoms with Crippen molar-refractivity contribution >= 4 is 28.5 Å². The van der Waals surface area contributed by atoms with Crippen LogP contribution in [0.3, 0.4) is 0 Å². The average molecular weight is 451 g/mol. The van der Waals surface area contributed by atoms with E-state index in [2.05, 4.69) is 20.5 Å². The lowest BCUT2D eigenvalue weighted by atomic mass is 9.87. The second-order valence-corrected chi connectivity index (χ2v) is 9.36. The zero-order valence-corrected chi connectivity index (χ0v) is 19.7. The van der Waals surface area contributed by atoms with Crippen molar-refractivity contribution in [2.45, 2.75) is 32.9 Å². The summed E-state index contributed by atoms with van der Waals surface area (Å²) in [7, 11) is 4.02. The number of hydrogen-bond donors (Lipinski definition) is 2. The Morgan fingerprint density at radius 2 is 1.94 bits per heavy atom. The molecule has 33 heavy (non-hydrogen) atoms. The summed E-state index contributed by atoms with van der Waals surface area (Å²) in [4.78, 5) is 31.8. The maximum atomic E-state index is 13.5. The van der Waals surface area contributed by atoms with Crippen LogP contribution in [0.2, 0.25) is 0 Å². The van der Waals surface area contributed by atoms with Gasteiger partial charge in [0.05, 0.1) is 17.6 Å². The van der Waals surface area contributed by atoms with Gasteiger partial charge in [-0.2, -0.15) is 5.10 Å². The van der Waals surface area contributed by atoms with Crippen molar-refractivity contribution in [2.24, 2.45) is 0 Å². The number of pyridine rings is 1. The van der Waals surface area contributed by atoms with Gasteiger partial charge in [-0.05, 0) is 53.1 Å². The predicted octanol–water partition coefficient (Wildman–Crippen LogP) is 3.14. The number of alkyl carbamates (subject to hydrolysis) is 1. The number of hydrogen-bond acceptors (Lipinski definition) is 7. The van der Waals surface area contributed by atoms with E-state index >= 15 is 0 Å². The van der Waals surface area contributed by atoms with Crippen LogP contribution in [0.1, 0.15) is 36.7 Å². The van der Waals surface area contributed by atoms with E-state index in [4.69, 9.17) is 9.84 Å². The number of ether oxygens (including phenoxy) is 1. The lowest BCUT2D eigenvalue weighted by Crippen LogP contribution is -2.34. The topological polar surface area (TPSA) is 101 Å². The lowest BCUT2D eigenvalue weighted by Gasteiger charge is -2.19. The molecule has 1 aromatic carbocycles. The summed E-state index contributed by atoms with van der Waals surface area (Å²) in [5.74, 6) is -0.0377. The smallest absolute Gasteiger partial charge is 0.407 e. The fourth-order valence-corrected chi connectivity index (χ4v) is 3.92. The zero-order valence-electron chi connectivity index (χ0n) is 19.7. The van der Waals surface area contributed by atoms with Gasteiger partial charge in [0.25, 0.3) is 0 Å². The van der Waals surface area contributed by atoms with Crippen LogP contribution < -0.4 is 10.6 Å². The van der Waals surface area contributed by atoms with Crippen molar-refractivity contribution in [1.82, 2.24) is 25.0 Å². The first kappa shape index (κ1) is 22.7. The number of fused-ring (bicyclic) bond motifs is 2. The molecular weight excluding hydrogens is 420 g/mol. The number of nitrogens with one attached hydrogen (secondary N) is 2. The van der Waals surface area contributed by atoms with E-state index in [1.165, 1.54) is 0 Å². The summed E-state index contributed by atoms with van der Waals surface area (Å²) < 4.78 is 7.13. The highest BCUT2D eigenvalue weighted by Gasteiger charge is 2.31. The molecule has 3 aromatic rings. The van der Waals surface area contributed by atoms with Gasteiger partial charge in [-0.1, -0.05) is 0 Å². The minimum atomic E-state index is -0.559. The molecule has 9 nitrogen and oxygen atoms in total. The van der Waals surface area contributed by atoms with E-state index in [1.807, 2.05) is 51.7 Å². The third kappa shape index (κ3) is 4.68. The number of amides is 1. The van der Waals surface area contributed by atoms with Crippen LogP contribution in [0.5, 0.6) is 0 Å².